The maximum absolute atomic E-state index is 12.0. The van der Waals surface area contributed by atoms with Gasteiger partial charge in [-0.25, -0.2) is 0 Å². The van der Waals surface area contributed by atoms with E-state index in [0.717, 1.165) is 30.3 Å². The Morgan fingerprint density at radius 1 is 1.14 bits per heavy atom. The van der Waals surface area contributed by atoms with Gasteiger partial charge in [0, 0.05) is 24.5 Å². The fourth-order valence-electron chi connectivity index (χ4n) is 3.21. The van der Waals surface area contributed by atoms with Crippen LogP contribution in [-0.2, 0) is 4.79 Å². The molecule has 0 unspecified atom stereocenters. The van der Waals surface area contributed by atoms with E-state index < -0.39 is 0 Å². The van der Waals surface area contributed by atoms with E-state index in [-0.39, 0.29) is 17.6 Å². The van der Waals surface area contributed by atoms with Gasteiger partial charge in [0.25, 0.3) is 5.91 Å². The molecule has 2 aromatic rings. The van der Waals surface area contributed by atoms with Crippen molar-refractivity contribution in [1.29, 1.82) is 0 Å². The molecule has 0 aliphatic carbocycles. The number of hydrogen-bond donors (Lipinski definition) is 2. The average molecular weight is 398 g/mol. The third-order valence-corrected chi connectivity index (χ3v) is 5.18. The Hall–Kier alpha value is -2.60. The molecule has 0 radical (unpaired) electrons. The zero-order valence-electron chi connectivity index (χ0n) is 16.4. The van der Waals surface area contributed by atoms with Crippen molar-refractivity contribution in [2.45, 2.75) is 26.7 Å². The Morgan fingerprint density at radius 3 is 2.50 bits per heavy atom. The maximum atomic E-state index is 12.0. The normalized spacial score (nSPS) is 14.4. The van der Waals surface area contributed by atoms with Crippen molar-refractivity contribution in [3.8, 4) is 5.75 Å². The van der Waals surface area contributed by atoms with Crippen LogP contribution in [-0.4, -0.2) is 30.7 Å². The Kier molecular flexibility index (Phi) is 6.87. The number of benzene rings is 2. The molecule has 0 bridgehead atoms. The molecular weight excluding hydrogens is 370 g/mol. The van der Waals surface area contributed by atoms with Gasteiger partial charge in [-0.1, -0.05) is 25.1 Å². The summed E-state index contributed by atoms with van der Waals surface area (Å²) in [5.74, 6) is 1.21. The third kappa shape index (κ3) is 5.70. The van der Waals surface area contributed by atoms with Crippen LogP contribution in [0.25, 0.3) is 0 Å². The number of piperidine rings is 1. The van der Waals surface area contributed by atoms with Crippen molar-refractivity contribution < 1.29 is 9.53 Å². The summed E-state index contributed by atoms with van der Waals surface area (Å²) in [6.07, 6.45) is 2.47. The van der Waals surface area contributed by atoms with E-state index in [4.69, 9.17) is 17.0 Å². The molecule has 1 amide bonds. The summed E-state index contributed by atoms with van der Waals surface area (Å²) in [5.41, 5.74) is 3.05. The molecule has 1 saturated heterocycles. The number of carbonyl (C=O) groups excluding carboxylic acids is 1. The summed E-state index contributed by atoms with van der Waals surface area (Å²) in [5, 5.41) is 5.95. The van der Waals surface area contributed by atoms with Gasteiger partial charge in [0.2, 0.25) is 0 Å². The number of anilines is 2. The number of hydrogen-bond acceptors (Lipinski definition) is 4. The highest BCUT2D eigenvalue weighted by Crippen LogP contribution is 2.24. The summed E-state index contributed by atoms with van der Waals surface area (Å²) in [6.45, 7) is 6.37. The van der Waals surface area contributed by atoms with E-state index in [2.05, 4.69) is 34.6 Å². The van der Waals surface area contributed by atoms with Crippen LogP contribution in [0.3, 0.4) is 0 Å². The molecule has 148 valence electrons. The molecule has 3 rings (SSSR count). The van der Waals surface area contributed by atoms with Crippen LogP contribution in [0.2, 0.25) is 0 Å². The molecular formula is C22H27N3O2S. The largest absolute Gasteiger partial charge is 0.483 e. The molecule has 6 heteroatoms. The van der Waals surface area contributed by atoms with E-state index in [1.165, 1.54) is 18.5 Å². The highest BCUT2D eigenvalue weighted by atomic mass is 32.1. The van der Waals surface area contributed by atoms with Crippen molar-refractivity contribution in [3.63, 3.8) is 0 Å². The number of amides is 1. The summed E-state index contributed by atoms with van der Waals surface area (Å²) in [4.78, 5) is 14.5. The topological polar surface area (TPSA) is 53.6 Å². The lowest BCUT2D eigenvalue weighted by Crippen LogP contribution is -2.37. The van der Waals surface area contributed by atoms with E-state index in [1.807, 2.05) is 43.3 Å². The van der Waals surface area contributed by atoms with Crippen LogP contribution >= 0.6 is 12.2 Å². The predicted molar refractivity (Wildman–Crippen MR) is 118 cm³/mol. The quantitative estimate of drug-likeness (QED) is 0.743. The minimum atomic E-state index is -0.292. The Morgan fingerprint density at radius 2 is 1.82 bits per heavy atom. The number of ether oxygens (including phenoxy) is 1. The smallest absolute Gasteiger partial charge is 0.264 e. The van der Waals surface area contributed by atoms with E-state index in [0.29, 0.717) is 5.75 Å². The van der Waals surface area contributed by atoms with Crippen LogP contribution < -0.4 is 20.3 Å². The Labute approximate surface area is 172 Å². The number of nitrogens with zero attached hydrogens (tertiary/aromatic N) is 1. The monoisotopic (exact) mass is 397 g/mol. The zero-order valence-corrected chi connectivity index (χ0v) is 17.2. The van der Waals surface area contributed by atoms with Crippen LogP contribution in [0.15, 0.2) is 48.5 Å². The Bertz CT molecular complexity index is 815. The van der Waals surface area contributed by atoms with Gasteiger partial charge in [0.15, 0.2) is 11.7 Å². The molecule has 28 heavy (non-hydrogen) atoms. The second kappa shape index (κ2) is 9.55. The molecule has 0 spiro atoms. The van der Waals surface area contributed by atoms with Crippen LogP contribution in [0.1, 0.15) is 25.3 Å². The third-order valence-electron chi connectivity index (χ3n) is 4.98. The molecule has 0 aromatic heterocycles. The van der Waals surface area contributed by atoms with E-state index in [9.17, 15) is 4.79 Å². The maximum Gasteiger partial charge on any atom is 0.264 e. The second-order valence-corrected chi connectivity index (χ2v) is 7.68. The van der Waals surface area contributed by atoms with Crippen LogP contribution in [0.4, 0.5) is 11.4 Å². The Balaban J connectivity index is 1.45. The first kappa shape index (κ1) is 20.1. The lowest BCUT2D eigenvalue weighted by molar-refractivity contribution is -0.121. The number of para-hydroxylation sites is 1. The molecule has 1 heterocycles. The predicted octanol–water partition coefficient (Wildman–Crippen LogP) is 4.12. The number of carbonyl (C=O) groups is 1. The van der Waals surface area contributed by atoms with Crippen molar-refractivity contribution in [2.75, 3.05) is 29.9 Å². The van der Waals surface area contributed by atoms with Crippen molar-refractivity contribution in [3.05, 3.63) is 54.1 Å². The molecule has 2 aromatic carbocycles. The van der Waals surface area contributed by atoms with Crippen LogP contribution in [0, 0.1) is 12.8 Å². The summed E-state index contributed by atoms with van der Waals surface area (Å²) < 4.78 is 5.54. The number of rotatable bonds is 5. The highest BCUT2D eigenvalue weighted by molar-refractivity contribution is 7.80. The lowest BCUT2D eigenvalue weighted by Gasteiger charge is -2.32. The fourth-order valence-corrected chi connectivity index (χ4v) is 3.44. The van der Waals surface area contributed by atoms with Gasteiger partial charge in [0.05, 0.1) is 0 Å². The van der Waals surface area contributed by atoms with Gasteiger partial charge in [-0.2, -0.15) is 0 Å². The first-order chi connectivity index (χ1) is 13.5. The number of thiocarbonyl (C=S) groups is 1. The fraction of sp³-hybridized carbons (Fsp3) is 0.364. The van der Waals surface area contributed by atoms with Crippen molar-refractivity contribution >= 4 is 34.6 Å². The lowest BCUT2D eigenvalue weighted by atomic mass is 9.99. The van der Waals surface area contributed by atoms with Gasteiger partial charge >= 0.3 is 0 Å². The second-order valence-electron chi connectivity index (χ2n) is 7.27. The van der Waals surface area contributed by atoms with Crippen molar-refractivity contribution in [2.24, 2.45) is 5.92 Å². The first-order valence-electron chi connectivity index (χ1n) is 9.65. The van der Waals surface area contributed by atoms with E-state index >= 15 is 0 Å². The van der Waals surface area contributed by atoms with Gasteiger partial charge in [-0.3, -0.25) is 10.1 Å². The number of aryl methyl sites for hydroxylation is 1. The van der Waals surface area contributed by atoms with Crippen molar-refractivity contribution in [1.82, 2.24) is 5.32 Å². The molecule has 0 saturated carbocycles. The molecule has 1 aliphatic rings. The molecule has 5 nitrogen and oxygen atoms in total. The summed E-state index contributed by atoms with van der Waals surface area (Å²) >= 11 is 5.23. The van der Waals surface area contributed by atoms with E-state index in [1.54, 1.807) is 0 Å². The van der Waals surface area contributed by atoms with Crippen LogP contribution in [0.5, 0.6) is 5.75 Å². The molecule has 0 atom stereocenters. The SMILES string of the molecule is Cc1ccccc1OCC(=O)NC(=S)Nc1ccc(N2CCC(C)CC2)cc1. The van der Waals surface area contributed by atoms with Gasteiger partial charge in [0.1, 0.15) is 5.75 Å². The van der Waals surface area contributed by atoms with Gasteiger partial charge < -0.3 is 15.0 Å². The number of nitrogens with one attached hydrogen (secondary N) is 2. The van der Waals surface area contributed by atoms with Gasteiger partial charge in [-0.15, -0.1) is 0 Å². The average Bonchev–Trinajstić information content (AvgIpc) is 2.68. The highest BCUT2D eigenvalue weighted by Gasteiger charge is 2.16. The summed E-state index contributed by atoms with van der Waals surface area (Å²) in [6, 6.07) is 15.7. The molecule has 2 N–H and O–H groups in total. The van der Waals surface area contributed by atoms with Gasteiger partial charge in [-0.05, 0) is 73.8 Å². The molecule has 1 fully saturated rings. The first-order valence-corrected chi connectivity index (χ1v) is 10.1. The zero-order chi connectivity index (χ0) is 19.9. The minimum Gasteiger partial charge on any atom is -0.483 e. The molecule has 1 aliphatic heterocycles. The summed E-state index contributed by atoms with van der Waals surface area (Å²) in [7, 11) is 0. The minimum absolute atomic E-state index is 0.0843. The standard InChI is InChI=1S/C22H27N3O2S/c1-16-11-13-25(14-12-16)19-9-7-18(8-10-19)23-22(28)24-21(26)15-27-20-6-4-3-5-17(20)2/h3-10,16H,11-15H2,1-2H3,(H2,23,24,26,28).